The van der Waals surface area contributed by atoms with Gasteiger partial charge in [0.25, 0.3) is 22.7 Å². The molecule has 0 bridgehead atoms. The number of hydrogen-bond donors (Lipinski definition) is 1. The number of esters is 2. The summed E-state index contributed by atoms with van der Waals surface area (Å²) in [5, 5.41) is 1.93. The van der Waals surface area contributed by atoms with Crippen LogP contribution >= 0.6 is 0 Å². The molecule has 0 aliphatic carbocycles. The van der Waals surface area contributed by atoms with Crippen LogP contribution in [0.15, 0.2) is 103 Å². The number of rotatable bonds is 27. The fraction of sp³-hybridized carbons (Fsp3) is 0.521. The molecule has 0 fully saturated rings. The molecule has 1 amide bonds. The second kappa shape index (κ2) is 25.3. The number of carbonyl (C=O) groups excluding carboxylic acids is 3. The first-order valence-corrected chi connectivity index (χ1v) is 21.6. The number of carbonyl (C=O) groups is 3. The van der Waals surface area contributed by atoms with Crippen molar-refractivity contribution in [1.82, 2.24) is 5.32 Å². The van der Waals surface area contributed by atoms with Crippen molar-refractivity contribution < 1.29 is 77.6 Å². The summed E-state index contributed by atoms with van der Waals surface area (Å²) in [7, 11) is 1.65. The third-order valence-electron chi connectivity index (χ3n) is 11.2. The van der Waals surface area contributed by atoms with Crippen molar-refractivity contribution in [2.75, 3.05) is 27.9 Å². The molecule has 0 saturated carbocycles. The molecule has 66 heavy (non-hydrogen) atoms. The van der Waals surface area contributed by atoms with E-state index in [2.05, 4.69) is 6.92 Å². The van der Waals surface area contributed by atoms with Crippen molar-refractivity contribution in [2.24, 2.45) is 0 Å². The summed E-state index contributed by atoms with van der Waals surface area (Å²) in [4.78, 5) is 42.0. The molecule has 1 N–H and O–H groups in total. The molecule has 3 aromatic rings. The minimum atomic E-state index is -5.57. The van der Waals surface area contributed by atoms with Gasteiger partial charge in [-0.1, -0.05) is 168 Å². The van der Waals surface area contributed by atoms with Crippen LogP contribution in [0.1, 0.15) is 101 Å². The number of nitrogens with one attached hydrogen (secondary N) is 1. The second-order valence-electron chi connectivity index (χ2n) is 15.5. The van der Waals surface area contributed by atoms with Crippen molar-refractivity contribution in [3.63, 3.8) is 0 Å². The normalized spacial score (nSPS) is 16.1. The summed E-state index contributed by atoms with van der Waals surface area (Å²) in [5.41, 5.74) is -14.0. The number of unbranched alkanes of at least 4 members (excludes halogenated alkanes) is 11. The van der Waals surface area contributed by atoms with Crippen LogP contribution in [-0.2, 0) is 54.9 Å². The lowest BCUT2D eigenvalue weighted by atomic mass is 9.90. The predicted octanol–water partition coefficient (Wildman–Crippen LogP) is 11.5. The van der Waals surface area contributed by atoms with Crippen LogP contribution in [0.4, 0.5) is 39.5 Å². The van der Waals surface area contributed by atoms with E-state index >= 15 is 26.3 Å². The van der Waals surface area contributed by atoms with Crippen molar-refractivity contribution in [3.05, 3.63) is 120 Å². The monoisotopic (exact) mass is 947 g/mol. The number of amides is 1. The van der Waals surface area contributed by atoms with E-state index in [0.717, 1.165) is 124 Å². The zero-order valence-electron chi connectivity index (χ0n) is 37.3. The lowest BCUT2D eigenvalue weighted by Gasteiger charge is -2.37. The maximum Gasteiger partial charge on any atom is 0.432 e. The number of methoxy groups -OCH3 is 3. The molecule has 3 rings (SSSR count). The standard InChI is InChI=1S/C48H58F9NO8/c1-5-6-7-8-9-10-11-12-13-14-15-16-26-33-39(66-42(61)45(64-4,48(55,56)57)37-31-24-19-25-32-37)38(58-40(59)43(62-2,46(49,50)51)35-27-20-17-21-28-35)34-65-41(60)44(63-3,47(52,53)54)36-29-22-18-23-30-36/h17-33,38-39H,5-16,34H2,1-4H3,(H,58,59)/b33-26+/t38-,39+,43+,44+,45+/m0/s1. The number of alkyl halides is 9. The summed E-state index contributed by atoms with van der Waals surface area (Å²) in [5.74, 6) is -6.42. The molecule has 3 aromatic carbocycles. The SMILES string of the molecule is CCCCCCCCCCCCC/C=C/[C@@H](OC(=O)[C@](OC)(c1ccccc1)C(F)(F)F)[C@H](COC(=O)[C@](OC)(c1ccccc1)C(F)(F)F)NC(=O)[C@](OC)(c1ccccc1)C(F)(F)F. The highest BCUT2D eigenvalue weighted by molar-refractivity contribution is 5.88. The average molecular weight is 948 g/mol. The predicted molar refractivity (Wildman–Crippen MR) is 227 cm³/mol. The molecule has 0 saturated heterocycles. The lowest BCUT2D eigenvalue weighted by Crippen LogP contribution is -2.61. The maximum atomic E-state index is 15.2. The summed E-state index contributed by atoms with van der Waals surface area (Å²) in [6.07, 6.45) is -5.74. The van der Waals surface area contributed by atoms with Crippen molar-refractivity contribution >= 4 is 17.8 Å². The van der Waals surface area contributed by atoms with E-state index in [1.807, 2.05) is 5.32 Å². The van der Waals surface area contributed by atoms with Crippen molar-refractivity contribution in [2.45, 2.75) is 131 Å². The zero-order chi connectivity index (χ0) is 49.1. The average Bonchev–Trinajstić information content (AvgIpc) is 3.27. The van der Waals surface area contributed by atoms with E-state index in [1.54, 1.807) is 0 Å². The smallest absolute Gasteiger partial charge is 0.432 e. The highest BCUT2D eigenvalue weighted by atomic mass is 19.4. The van der Waals surface area contributed by atoms with E-state index in [-0.39, 0.29) is 6.42 Å². The Labute approximate surface area is 379 Å². The number of hydrogen-bond acceptors (Lipinski definition) is 8. The van der Waals surface area contributed by atoms with E-state index in [9.17, 15) is 27.6 Å². The fourth-order valence-corrected chi connectivity index (χ4v) is 7.57. The number of ether oxygens (including phenoxy) is 5. The number of benzene rings is 3. The molecule has 0 unspecified atom stereocenters. The van der Waals surface area contributed by atoms with Gasteiger partial charge in [-0.3, -0.25) is 4.79 Å². The summed E-state index contributed by atoms with van der Waals surface area (Å²) < 4.78 is 161. The Morgan fingerprint density at radius 3 is 1.27 bits per heavy atom. The Morgan fingerprint density at radius 1 is 0.530 bits per heavy atom. The Hall–Kier alpha value is -4.94. The van der Waals surface area contributed by atoms with Crippen LogP contribution in [0.3, 0.4) is 0 Å². The molecule has 0 aliphatic rings. The van der Waals surface area contributed by atoms with Crippen molar-refractivity contribution in [1.29, 1.82) is 0 Å². The molecule has 0 aliphatic heterocycles. The van der Waals surface area contributed by atoms with Gasteiger partial charge in [0.2, 0.25) is 0 Å². The second-order valence-corrected chi connectivity index (χ2v) is 15.5. The van der Waals surface area contributed by atoms with Crippen LogP contribution < -0.4 is 5.32 Å². The highest BCUT2D eigenvalue weighted by Gasteiger charge is 2.67. The van der Waals surface area contributed by atoms with E-state index in [0.29, 0.717) is 34.2 Å². The van der Waals surface area contributed by atoms with Gasteiger partial charge in [-0.05, 0) is 18.9 Å². The van der Waals surface area contributed by atoms with E-state index in [4.69, 9.17) is 23.7 Å². The molecular formula is C48H58F9NO8. The molecule has 5 atom stereocenters. The minimum absolute atomic E-state index is 0.169. The molecule has 9 nitrogen and oxygen atoms in total. The number of allylic oxidation sites excluding steroid dienone is 1. The van der Waals surface area contributed by atoms with Gasteiger partial charge >= 0.3 is 30.5 Å². The maximum absolute atomic E-state index is 15.2. The van der Waals surface area contributed by atoms with Crippen LogP contribution in [0.25, 0.3) is 0 Å². The van der Waals surface area contributed by atoms with Gasteiger partial charge in [-0.15, -0.1) is 0 Å². The molecule has 0 heterocycles. The fourth-order valence-electron chi connectivity index (χ4n) is 7.57. The molecule has 18 heteroatoms. The third-order valence-corrected chi connectivity index (χ3v) is 11.2. The Bertz CT molecular complexity index is 1950. The zero-order valence-corrected chi connectivity index (χ0v) is 37.3. The van der Waals surface area contributed by atoms with Gasteiger partial charge in [0, 0.05) is 38.0 Å². The highest BCUT2D eigenvalue weighted by Crippen LogP contribution is 2.46. The van der Waals surface area contributed by atoms with Gasteiger partial charge in [0.1, 0.15) is 18.8 Å². The summed E-state index contributed by atoms with van der Waals surface area (Å²) in [6.45, 7) is 0.612. The Morgan fingerprint density at radius 2 is 0.894 bits per heavy atom. The number of halogens is 9. The molecule has 0 aromatic heterocycles. The lowest BCUT2D eigenvalue weighted by molar-refractivity contribution is -0.279. The molecule has 0 radical (unpaired) electrons. The Balaban J connectivity index is 2.15. The first-order valence-electron chi connectivity index (χ1n) is 21.6. The van der Waals surface area contributed by atoms with Crippen LogP contribution in [0.2, 0.25) is 0 Å². The minimum Gasteiger partial charge on any atom is -0.461 e. The van der Waals surface area contributed by atoms with Gasteiger partial charge in [-0.2, -0.15) is 39.5 Å². The first-order chi connectivity index (χ1) is 31.2. The molecular weight excluding hydrogens is 890 g/mol. The van der Waals surface area contributed by atoms with E-state index in [1.165, 1.54) is 37.1 Å². The van der Waals surface area contributed by atoms with Gasteiger partial charge in [-0.25, -0.2) is 9.59 Å². The summed E-state index contributed by atoms with van der Waals surface area (Å²) in [6, 6.07) is 14.0. The van der Waals surface area contributed by atoms with Gasteiger partial charge in [0.05, 0.1) is 0 Å². The van der Waals surface area contributed by atoms with Crippen LogP contribution in [0.5, 0.6) is 0 Å². The molecule has 366 valence electrons. The third kappa shape index (κ3) is 13.1. The van der Waals surface area contributed by atoms with Crippen LogP contribution in [0, 0.1) is 0 Å². The largest absolute Gasteiger partial charge is 0.461 e. The van der Waals surface area contributed by atoms with Crippen LogP contribution in [-0.4, -0.2) is 76.5 Å². The van der Waals surface area contributed by atoms with E-state index < -0.39 is 88.6 Å². The summed E-state index contributed by atoms with van der Waals surface area (Å²) >= 11 is 0. The topological polar surface area (TPSA) is 109 Å². The van der Waals surface area contributed by atoms with Gasteiger partial charge < -0.3 is 29.0 Å². The quantitative estimate of drug-likeness (QED) is 0.0348. The van der Waals surface area contributed by atoms with Gasteiger partial charge in [0.15, 0.2) is 0 Å². The first kappa shape index (κ1) is 55.4. The molecule has 0 spiro atoms. The van der Waals surface area contributed by atoms with Crippen molar-refractivity contribution in [3.8, 4) is 0 Å². The Kier molecular flexibility index (Phi) is 21.2.